The molecular weight excluding hydrogens is 735 g/mol. The zero-order valence-electron chi connectivity index (χ0n) is 33.5. The van der Waals surface area contributed by atoms with Crippen LogP contribution in [0, 0.1) is 42.7 Å². The van der Waals surface area contributed by atoms with Gasteiger partial charge in [0.1, 0.15) is 0 Å². The first kappa shape index (κ1) is 39.6. The molecule has 7 nitrogen and oxygen atoms in total. The summed E-state index contributed by atoms with van der Waals surface area (Å²) in [5.41, 5.74) is 10.5. The lowest BCUT2D eigenvalue weighted by atomic mass is 9.92. The summed E-state index contributed by atoms with van der Waals surface area (Å²) in [6.45, 7) is 18.3. The highest BCUT2D eigenvalue weighted by atomic mass is 15.1. The van der Waals surface area contributed by atoms with Gasteiger partial charge >= 0.3 is 0 Å². The minimum absolute atomic E-state index is 0.0266. The Hall–Kier alpha value is -8.62. The van der Waals surface area contributed by atoms with Crippen LogP contribution >= 0.6 is 0 Å². The average Bonchev–Trinajstić information content (AvgIpc) is 3.29. The Kier molecular flexibility index (Phi) is 11.9. The van der Waals surface area contributed by atoms with E-state index in [2.05, 4.69) is 116 Å². The van der Waals surface area contributed by atoms with Gasteiger partial charge in [0.05, 0.1) is 36.4 Å². The van der Waals surface area contributed by atoms with Crippen molar-refractivity contribution >= 4 is 75.5 Å². The lowest BCUT2D eigenvalue weighted by Gasteiger charge is -2.26. The fourth-order valence-corrected chi connectivity index (χ4v) is 7.02. The van der Waals surface area contributed by atoms with E-state index in [0.29, 0.717) is 0 Å². The van der Waals surface area contributed by atoms with Crippen LogP contribution in [0.3, 0.4) is 0 Å². The summed E-state index contributed by atoms with van der Waals surface area (Å²) in [6.07, 6.45) is 6.91. The van der Waals surface area contributed by atoms with Gasteiger partial charge < -0.3 is 14.7 Å². The smallest absolute Gasteiger partial charge is 0.202 e. The molecule has 0 saturated heterocycles. The summed E-state index contributed by atoms with van der Waals surface area (Å²) in [5, 5.41) is 20.8. The van der Waals surface area contributed by atoms with E-state index >= 15 is 0 Å². The molecule has 7 heteroatoms. The molecule has 0 saturated carbocycles. The maximum atomic E-state index is 10.4. The Balaban J connectivity index is 1.19. The minimum atomic E-state index is 0.0266. The second kappa shape index (κ2) is 18.1. The highest BCUT2D eigenvalue weighted by Gasteiger charge is 2.22. The van der Waals surface area contributed by atoms with Crippen molar-refractivity contribution in [1.29, 1.82) is 10.5 Å². The van der Waals surface area contributed by atoms with Crippen molar-refractivity contribution in [3.8, 4) is 12.1 Å². The van der Waals surface area contributed by atoms with E-state index in [4.69, 9.17) is 13.1 Å². The molecule has 0 aliphatic heterocycles. The van der Waals surface area contributed by atoms with Gasteiger partial charge in [-0.1, -0.05) is 103 Å². The zero-order chi connectivity index (χ0) is 42.0. The molecule has 286 valence electrons. The molecule has 7 aromatic rings. The third-order valence-electron chi connectivity index (χ3n) is 10.1. The number of benzene rings is 7. The van der Waals surface area contributed by atoms with Gasteiger partial charge in [-0.15, -0.1) is 0 Å². The summed E-state index contributed by atoms with van der Waals surface area (Å²) in [7, 11) is 4.03. The molecule has 0 atom stereocenters. The van der Waals surface area contributed by atoms with E-state index in [9.17, 15) is 10.5 Å². The van der Waals surface area contributed by atoms with Gasteiger partial charge in [0.25, 0.3) is 0 Å². The molecule has 0 amide bonds. The first-order chi connectivity index (χ1) is 29.3. The van der Waals surface area contributed by atoms with E-state index in [1.807, 2.05) is 99.0 Å². The minimum Gasteiger partial charge on any atom is -0.378 e. The Morgan fingerprint density at radius 3 is 1.13 bits per heavy atom. The second-order valence-corrected chi connectivity index (χ2v) is 14.2. The van der Waals surface area contributed by atoms with E-state index in [1.54, 1.807) is 24.3 Å². The van der Waals surface area contributed by atoms with Crippen LogP contribution in [-0.4, -0.2) is 14.1 Å². The largest absolute Gasteiger partial charge is 0.378 e. The maximum Gasteiger partial charge on any atom is 0.202 e. The highest BCUT2D eigenvalue weighted by Crippen LogP contribution is 2.42. The van der Waals surface area contributed by atoms with Gasteiger partial charge in [0, 0.05) is 53.9 Å². The number of hydrogen-bond acceptors (Lipinski definition) is 5. The van der Waals surface area contributed by atoms with E-state index in [1.165, 1.54) is 5.56 Å². The molecular formula is C53H39N7. The van der Waals surface area contributed by atoms with Crippen molar-refractivity contribution in [3.63, 3.8) is 0 Å². The van der Waals surface area contributed by atoms with Crippen LogP contribution in [0.1, 0.15) is 38.9 Å². The highest BCUT2D eigenvalue weighted by molar-refractivity contribution is 5.96. The number of rotatable bonds is 11. The van der Waals surface area contributed by atoms with Crippen LogP contribution in [0.4, 0.5) is 51.2 Å². The molecule has 0 heterocycles. The SMILES string of the molecule is [C-]#[N+]c1c(C#N)c(C=Cc2ccc(N(c3ccccc3)c3ccc(N(C)C)cc3)cc2)c(C#N)c([N+]#[C-])c1C=Cc1ccc(N(c2ccccc2)c2ccc(C)cc2)cc1. The van der Waals surface area contributed by atoms with Crippen molar-refractivity contribution in [3.05, 3.63) is 220 Å². The van der Waals surface area contributed by atoms with Crippen molar-refractivity contribution in [1.82, 2.24) is 0 Å². The van der Waals surface area contributed by atoms with E-state index in [0.717, 1.165) is 50.9 Å². The number of aryl methyl sites for hydroxylation is 1. The summed E-state index contributed by atoms with van der Waals surface area (Å²) < 4.78 is 0. The van der Waals surface area contributed by atoms with Gasteiger partial charge in [-0.2, -0.15) is 10.5 Å². The third kappa shape index (κ3) is 8.39. The molecule has 60 heavy (non-hydrogen) atoms. The Morgan fingerprint density at radius 2 is 0.767 bits per heavy atom. The van der Waals surface area contributed by atoms with Crippen LogP contribution < -0.4 is 14.7 Å². The first-order valence-corrected chi connectivity index (χ1v) is 19.2. The van der Waals surface area contributed by atoms with E-state index < -0.39 is 0 Å². The normalized spacial score (nSPS) is 10.7. The molecule has 0 bridgehead atoms. The monoisotopic (exact) mass is 773 g/mol. The quantitative estimate of drug-likeness (QED) is 0.0967. The molecule has 0 radical (unpaired) electrons. The van der Waals surface area contributed by atoms with Crippen molar-refractivity contribution in [2.24, 2.45) is 0 Å². The summed E-state index contributed by atoms with van der Waals surface area (Å²) in [5.74, 6) is 0. The number of anilines is 7. The predicted octanol–water partition coefficient (Wildman–Crippen LogP) is 14.2. The Bertz CT molecular complexity index is 2800. The first-order valence-electron chi connectivity index (χ1n) is 19.2. The van der Waals surface area contributed by atoms with Gasteiger partial charge in [-0.05, 0) is 114 Å². The topological polar surface area (TPSA) is 66.0 Å². The number of para-hydroxylation sites is 2. The molecule has 0 unspecified atom stereocenters. The lowest BCUT2D eigenvalue weighted by molar-refractivity contribution is 1.13. The van der Waals surface area contributed by atoms with Gasteiger partial charge in [-0.3, -0.25) is 0 Å². The molecule has 0 aliphatic carbocycles. The van der Waals surface area contributed by atoms with E-state index in [-0.39, 0.29) is 33.6 Å². The molecule has 0 aromatic heterocycles. The fourth-order valence-electron chi connectivity index (χ4n) is 7.02. The molecule has 7 rings (SSSR count). The maximum absolute atomic E-state index is 10.4. The standard InChI is InChI=1S/C53H39N7/c1-38-16-24-44(25-17-38)59(42-12-8-6-9-13-42)45-28-20-40(21-29-45)23-35-49-52(56-2)50(36-54)48(51(37-55)53(49)57-3)34-22-39-18-26-46(27-19-39)60(43-14-10-7-11-15-43)47-32-30-41(31-33-47)58(4)5/h6-35H,1,4-5H3. The predicted molar refractivity (Wildman–Crippen MR) is 248 cm³/mol. The molecule has 0 spiro atoms. The van der Waals surface area contributed by atoms with Gasteiger partial charge in [0.2, 0.25) is 11.4 Å². The summed E-state index contributed by atoms with van der Waals surface area (Å²) in [4.78, 5) is 13.9. The Morgan fingerprint density at radius 1 is 0.433 bits per heavy atom. The molecule has 0 N–H and O–H groups in total. The molecule has 0 fully saturated rings. The number of nitrogens with zero attached hydrogens (tertiary/aromatic N) is 7. The average molecular weight is 774 g/mol. The van der Waals surface area contributed by atoms with Crippen molar-refractivity contribution in [2.75, 3.05) is 28.8 Å². The van der Waals surface area contributed by atoms with Gasteiger partial charge in [0.15, 0.2) is 0 Å². The molecule has 7 aromatic carbocycles. The summed E-state index contributed by atoms with van der Waals surface area (Å²) >= 11 is 0. The van der Waals surface area contributed by atoms with Crippen LogP contribution in [0.25, 0.3) is 34.0 Å². The second-order valence-electron chi connectivity index (χ2n) is 14.2. The summed E-state index contributed by atoms with van der Waals surface area (Å²) in [6, 6.07) is 57.2. The van der Waals surface area contributed by atoms with Crippen LogP contribution in [-0.2, 0) is 0 Å². The zero-order valence-corrected chi connectivity index (χ0v) is 33.5. The molecule has 0 aliphatic rings. The number of nitriles is 2. The van der Waals surface area contributed by atoms with Crippen LogP contribution in [0.2, 0.25) is 0 Å². The number of hydrogen-bond donors (Lipinski definition) is 0. The van der Waals surface area contributed by atoms with Crippen LogP contribution in [0.5, 0.6) is 0 Å². The van der Waals surface area contributed by atoms with Crippen molar-refractivity contribution < 1.29 is 0 Å². The third-order valence-corrected chi connectivity index (χ3v) is 10.1. The van der Waals surface area contributed by atoms with Gasteiger partial charge in [-0.25, -0.2) is 9.69 Å². The Labute approximate surface area is 352 Å². The van der Waals surface area contributed by atoms with Crippen molar-refractivity contribution in [2.45, 2.75) is 6.92 Å². The fraction of sp³-hybridized carbons (Fsp3) is 0.0566. The van der Waals surface area contributed by atoms with Crippen LogP contribution in [0.15, 0.2) is 158 Å². The lowest BCUT2D eigenvalue weighted by Crippen LogP contribution is -2.11.